The summed E-state index contributed by atoms with van der Waals surface area (Å²) in [5.74, 6) is -0.605. The van der Waals surface area contributed by atoms with Gasteiger partial charge in [-0.3, -0.25) is 25.4 Å². The topological polar surface area (TPSA) is 96.5 Å². The fourth-order valence-corrected chi connectivity index (χ4v) is 3.55. The van der Waals surface area contributed by atoms with E-state index >= 15 is 0 Å². The molecule has 0 bridgehead atoms. The smallest absolute Gasteiger partial charge is 0.281 e. The lowest BCUT2D eigenvalue weighted by molar-refractivity contribution is -0.121. The highest BCUT2D eigenvalue weighted by Crippen LogP contribution is 2.26. The SMILES string of the molecule is Cc1nc(N2CCOCC2)sc1C(=O)NNC(=O)CCc1cccnc1. The zero-order valence-electron chi connectivity index (χ0n) is 14.5. The summed E-state index contributed by atoms with van der Waals surface area (Å²) in [6, 6.07) is 3.74. The number of hydrogen-bond acceptors (Lipinski definition) is 7. The fraction of sp³-hybridized carbons (Fsp3) is 0.412. The molecule has 2 aromatic heterocycles. The van der Waals surface area contributed by atoms with Crippen LogP contribution in [0.1, 0.15) is 27.3 Å². The van der Waals surface area contributed by atoms with Gasteiger partial charge in [0.1, 0.15) is 4.88 Å². The quantitative estimate of drug-likeness (QED) is 0.759. The van der Waals surface area contributed by atoms with Gasteiger partial charge in [-0.25, -0.2) is 4.98 Å². The van der Waals surface area contributed by atoms with E-state index in [1.807, 2.05) is 12.1 Å². The minimum Gasteiger partial charge on any atom is -0.378 e. The van der Waals surface area contributed by atoms with Gasteiger partial charge in [0.05, 0.1) is 18.9 Å². The average Bonchev–Trinajstić information content (AvgIpc) is 3.08. The van der Waals surface area contributed by atoms with Gasteiger partial charge in [0.2, 0.25) is 5.91 Å². The monoisotopic (exact) mass is 375 g/mol. The van der Waals surface area contributed by atoms with E-state index in [0.29, 0.717) is 30.2 Å². The number of nitrogens with zero attached hydrogens (tertiary/aromatic N) is 3. The number of anilines is 1. The van der Waals surface area contributed by atoms with Gasteiger partial charge in [-0.2, -0.15) is 0 Å². The number of rotatable bonds is 5. The second kappa shape index (κ2) is 8.72. The number of pyridine rings is 1. The summed E-state index contributed by atoms with van der Waals surface area (Å²) < 4.78 is 5.33. The molecule has 3 heterocycles. The van der Waals surface area contributed by atoms with Crippen molar-refractivity contribution in [1.29, 1.82) is 0 Å². The standard InChI is InChI=1S/C17H21N5O3S/c1-12-15(26-17(19-12)22-7-9-25-10-8-22)16(24)21-20-14(23)5-4-13-3-2-6-18-11-13/h2-3,6,11H,4-5,7-10H2,1H3,(H,20,23)(H,21,24). The zero-order chi connectivity index (χ0) is 18.4. The number of nitrogens with one attached hydrogen (secondary N) is 2. The third-order valence-electron chi connectivity index (χ3n) is 3.95. The van der Waals surface area contributed by atoms with Gasteiger partial charge < -0.3 is 9.64 Å². The lowest BCUT2D eigenvalue weighted by Gasteiger charge is -2.25. The maximum absolute atomic E-state index is 12.3. The maximum atomic E-state index is 12.3. The van der Waals surface area contributed by atoms with E-state index in [0.717, 1.165) is 23.8 Å². The second-order valence-corrected chi connectivity index (χ2v) is 6.85. The van der Waals surface area contributed by atoms with E-state index in [1.165, 1.54) is 11.3 Å². The molecule has 0 saturated carbocycles. The van der Waals surface area contributed by atoms with Crippen molar-refractivity contribution in [1.82, 2.24) is 20.8 Å². The number of hydrazine groups is 1. The van der Waals surface area contributed by atoms with Crippen molar-refractivity contribution >= 4 is 28.3 Å². The van der Waals surface area contributed by atoms with Crippen LogP contribution in [0.5, 0.6) is 0 Å². The normalized spacial score (nSPS) is 14.1. The number of hydrogen-bond donors (Lipinski definition) is 2. The van der Waals surface area contributed by atoms with Crippen LogP contribution >= 0.6 is 11.3 Å². The highest BCUT2D eigenvalue weighted by atomic mass is 32.1. The molecule has 1 fully saturated rings. The first-order valence-corrected chi connectivity index (χ1v) is 9.23. The predicted octanol–water partition coefficient (Wildman–Crippen LogP) is 1.08. The Kier molecular flexibility index (Phi) is 6.13. The summed E-state index contributed by atoms with van der Waals surface area (Å²) in [6.07, 6.45) is 4.25. The third kappa shape index (κ3) is 4.77. The van der Waals surface area contributed by atoms with Crippen molar-refractivity contribution in [2.75, 3.05) is 31.2 Å². The minimum atomic E-state index is -0.353. The van der Waals surface area contributed by atoms with Crippen LogP contribution in [0, 0.1) is 6.92 Å². The van der Waals surface area contributed by atoms with Gasteiger partial charge in [-0.15, -0.1) is 0 Å². The predicted molar refractivity (Wildman–Crippen MR) is 98.0 cm³/mol. The van der Waals surface area contributed by atoms with Crippen molar-refractivity contribution < 1.29 is 14.3 Å². The Morgan fingerprint density at radius 1 is 1.31 bits per heavy atom. The van der Waals surface area contributed by atoms with Gasteiger partial charge >= 0.3 is 0 Å². The largest absolute Gasteiger partial charge is 0.378 e. The number of carbonyl (C=O) groups excluding carboxylic acids is 2. The maximum Gasteiger partial charge on any atom is 0.281 e. The van der Waals surface area contributed by atoms with Gasteiger partial charge in [-0.05, 0) is 25.0 Å². The van der Waals surface area contributed by atoms with Crippen LogP contribution in [0.2, 0.25) is 0 Å². The van der Waals surface area contributed by atoms with Crippen molar-refractivity contribution in [2.24, 2.45) is 0 Å². The summed E-state index contributed by atoms with van der Waals surface area (Å²) in [6.45, 7) is 4.64. The summed E-state index contributed by atoms with van der Waals surface area (Å²) in [4.78, 5) is 35.3. The second-order valence-electron chi connectivity index (χ2n) is 5.87. The first-order chi connectivity index (χ1) is 12.6. The molecule has 26 heavy (non-hydrogen) atoms. The first-order valence-electron chi connectivity index (χ1n) is 8.41. The van der Waals surface area contributed by atoms with Gasteiger partial charge in [-0.1, -0.05) is 17.4 Å². The van der Waals surface area contributed by atoms with Crippen LogP contribution in [-0.2, 0) is 16.0 Å². The van der Waals surface area contributed by atoms with E-state index in [2.05, 4.69) is 25.7 Å². The Balaban J connectivity index is 1.50. The van der Waals surface area contributed by atoms with E-state index in [9.17, 15) is 9.59 Å². The van der Waals surface area contributed by atoms with Crippen LogP contribution in [0.3, 0.4) is 0 Å². The summed E-state index contributed by atoms with van der Waals surface area (Å²) in [7, 11) is 0. The van der Waals surface area contributed by atoms with E-state index < -0.39 is 0 Å². The molecule has 0 aromatic carbocycles. The van der Waals surface area contributed by atoms with Crippen molar-refractivity contribution in [3.63, 3.8) is 0 Å². The van der Waals surface area contributed by atoms with Gasteiger partial charge in [0.15, 0.2) is 5.13 Å². The lowest BCUT2D eigenvalue weighted by atomic mass is 10.1. The zero-order valence-corrected chi connectivity index (χ0v) is 15.3. The van der Waals surface area contributed by atoms with Crippen LogP contribution in [0.4, 0.5) is 5.13 Å². The molecule has 9 heteroatoms. The van der Waals surface area contributed by atoms with Crippen LogP contribution in [0.15, 0.2) is 24.5 Å². The first kappa shape index (κ1) is 18.3. The number of carbonyl (C=O) groups is 2. The minimum absolute atomic E-state index is 0.252. The molecule has 3 rings (SSSR count). The number of thiazole rings is 1. The fourth-order valence-electron chi connectivity index (χ4n) is 2.53. The van der Waals surface area contributed by atoms with Gasteiger partial charge in [0.25, 0.3) is 5.91 Å². The molecule has 0 radical (unpaired) electrons. The van der Waals surface area contributed by atoms with E-state index in [1.54, 1.807) is 19.3 Å². The number of morpholine rings is 1. The molecular formula is C17H21N5O3S. The molecule has 2 N–H and O–H groups in total. The van der Waals surface area contributed by atoms with Crippen LogP contribution in [0.25, 0.3) is 0 Å². The molecule has 1 aliphatic rings. The molecule has 1 aliphatic heterocycles. The Labute approximate surface area is 155 Å². The summed E-state index contributed by atoms with van der Waals surface area (Å²) in [5.41, 5.74) is 6.54. The Morgan fingerprint density at radius 3 is 2.85 bits per heavy atom. The highest BCUT2D eigenvalue weighted by Gasteiger charge is 2.20. The number of amides is 2. The Morgan fingerprint density at radius 2 is 2.12 bits per heavy atom. The molecule has 0 aliphatic carbocycles. The van der Waals surface area contributed by atoms with Crippen molar-refractivity contribution in [3.8, 4) is 0 Å². The van der Waals surface area contributed by atoms with Gasteiger partial charge in [0, 0.05) is 31.9 Å². The number of ether oxygens (including phenoxy) is 1. The van der Waals surface area contributed by atoms with E-state index in [4.69, 9.17) is 4.74 Å². The molecule has 2 amide bonds. The summed E-state index contributed by atoms with van der Waals surface area (Å²) in [5, 5.41) is 0.804. The Hall–Kier alpha value is -2.52. The molecule has 8 nitrogen and oxygen atoms in total. The molecule has 2 aromatic rings. The number of aryl methyl sites for hydroxylation is 2. The summed E-state index contributed by atoms with van der Waals surface area (Å²) >= 11 is 1.32. The van der Waals surface area contributed by atoms with Crippen LogP contribution < -0.4 is 15.8 Å². The average molecular weight is 375 g/mol. The van der Waals surface area contributed by atoms with Crippen LogP contribution in [-0.4, -0.2) is 48.1 Å². The molecule has 0 atom stereocenters. The molecule has 138 valence electrons. The third-order valence-corrected chi connectivity index (χ3v) is 5.17. The van der Waals surface area contributed by atoms with Crippen molar-refractivity contribution in [2.45, 2.75) is 19.8 Å². The molecular weight excluding hydrogens is 354 g/mol. The Bertz CT molecular complexity index is 759. The molecule has 1 saturated heterocycles. The molecule has 0 spiro atoms. The lowest BCUT2D eigenvalue weighted by Crippen LogP contribution is -2.41. The van der Waals surface area contributed by atoms with Crippen molar-refractivity contribution in [3.05, 3.63) is 40.7 Å². The van der Waals surface area contributed by atoms with E-state index in [-0.39, 0.29) is 18.2 Å². The highest BCUT2D eigenvalue weighted by molar-refractivity contribution is 7.17. The number of aromatic nitrogens is 2. The molecule has 0 unspecified atom stereocenters.